The van der Waals surface area contributed by atoms with Gasteiger partial charge in [-0.05, 0) is 30.9 Å². The molecular formula is C21H26N6O2. The number of amides is 2. The number of hydrogen-bond donors (Lipinski definition) is 3. The molecule has 8 nitrogen and oxygen atoms in total. The third-order valence-corrected chi connectivity index (χ3v) is 4.44. The largest absolute Gasteiger partial charge is 0.351 e. The van der Waals surface area contributed by atoms with Crippen molar-refractivity contribution >= 4 is 22.8 Å². The zero-order valence-corrected chi connectivity index (χ0v) is 16.7. The standard InChI is InChI=1S/C21H26N6O2/c1-14(2)12-17(20-26-15-6-3-4-7-16(15)27-20)25-19(28)8-5-9-24-21(29)18-13-22-10-11-23-18/h3-4,6-7,10-11,13-14,17H,5,8-9,12H2,1-2H3,(H,24,29)(H,25,28)(H,26,27). The van der Waals surface area contributed by atoms with E-state index in [-0.39, 0.29) is 23.6 Å². The van der Waals surface area contributed by atoms with E-state index in [2.05, 4.69) is 44.4 Å². The molecule has 1 atom stereocenters. The van der Waals surface area contributed by atoms with Gasteiger partial charge < -0.3 is 15.6 Å². The number of rotatable bonds is 9. The molecule has 0 bridgehead atoms. The van der Waals surface area contributed by atoms with Crippen molar-refractivity contribution in [2.24, 2.45) is 5.92 Å². The second-order valence-electron chi connectivity index (χ2n) is 7.34. The molecule has 0 saturated heterocycles. The Bertz CT molecular complexity index is 921. The van der Waals surface area contributed by atoms with Gasteiger partial charge in [0.2, 0.25) is 5.91 Å². The van der Waals surface area contributed by atoms with Gasteiger partial charge in [-0.1, -0.05) is 26.0 Å². The van der Waals surface area contributed by atoms with Crippen LogP contribution in [0.5, 0.6) is 0 Å². The van der Waals surface area contributed by atoms with Gasteiger partial charge in [-0.25, -0.2) is 9.97 Å². The van der Waals surface area contributed by atoms with Crippen LogP contribution in [0, 0.1) is 5.92 Å². The fraction of sp³-hybridized carbons (Fsp3) is 0.381. The van der Waals surface area contributed by atoms with Crippen molar-refractivity contribution in [2.45, 2.75) is 39.2 Å². The van der Waals surface area contributed by atoms with Crippen molar-refractivity contribution in [3.05, 3.63) is 54.4 Å². The molecule has 29 heavy (non-hydrogen) atoms. The number of nitrogens with zero attached hydrogens (tertiary/aromatic N) is 3. The molecule has 152 valence electrons. The van der Waals surface area contributed by atoms with Crippen LogP contribution in [0.15, 0.2) is 42.9 Å². The highest BCUT2D eigenvalue weighted by Crippen LogP contribution is 2.22. The summed E-state index contributed by atoms with van der Waals surface area (Å²) < 4.78 is 0. The molecule has 3 aromatic rings. The number of fused-ring (bicyclic) bond motifs is 1. The van der Waals surface area contributed by atoms with Crippen LogP contribution in [0.4, 0.5) is 0 Å². The lowest BCUT2D eigenvalue weighted by Crippen LogP contribution is -2.31. The van der Waals surface area contributed by atoms with Crippen molar-refractivity contribution in [3.63, 3.8) is 0 Å². The first-order valence-corrected chi connectivity index (χ1v) is 9.81. The molecule has 3 N–H and O–H groups in total. The van der Waals surface area contributed by atoms with Gasteiger partial charge in [-0.2, -0.15) is 0 Å². The maximum atomic E-state index is 12.5. The van der Waals surface area contributed by atoms with Crippen molar-refractivity contribution in [3.8, 4) is 0 Å². The van der Waals surface area contributed by atoms with E-state index in [1.165, 1.54) is 18.6 Å². The Balaban J connectivity index is 1.51. The zero-order valence-electron chi connectivity index (χ0n) is 16.7. The number of benzene rings is 1. The van der Waals surface area contributed by atoms with E-state index in [0.717, 1.165) is 23.3 Å². The third-order valence-electron chi connectivity index (χ3n) is 4.44. The maximum absolute atomic E-state index is 12.5. The van der Waals surface area contributed by atoms with E-state index in [4.69, 9.17) is 0 Å². The summed E-state index contributed by atoms with van der Waals surface area (Å²) in [5.74, 6) is 0.812. The molecule has 3 rings (SSSR count). The summed E-state index contributed by atoms with van der Waals surface area (Å²) in [4.78, 5) is 40.1. The minimum absolute atomic E-state index is 0.0649. The maximum Gasteiger partial charge on any atom is 0.271 e. The topological polar surface area (TPSA) is 113 Å². The normalized spacial score (nSPS) is 12.1. The Hall–Kier alpha value is -3.29. The van der Waals surface area contributed by atoms with Crippen LogP contribution < -0.4 is 10.6 Å². The molecule has 0 spiro atoms. The molecule has 1 unspecified atom stereocenters. The molecule has 1 aromatic carbocycles. The third kappa shape index (κ3) is 5.84. The van der Waals surface area contributed by atoms with Gasteiger partial charge in [0.15, 0.2) is 0 Å². The number of carbonyl (C=O) groups excluding carboxylic acids is 2. The van der Waals surface area contributed by atoms with E-state index in [9.17, 15) is 9.59 Å². The monoisotopic (exact) mass is 394 g/mol. The van der Waals surface area contributed by atoms with Gasteiger partial charge in [-0.15, -0.1) is 0 Å². The molecule has 0 aliphatic rings. The van der Waals surface area contributed by atoms with E-state index in [1.807, 2.05) is 24.3 Å². The number of carbonyl (C=O) groups is 2. The molecule has 2 heterocycles. The summed E-state index contributed by atoms with van der Waals surface area (Å²) in [6.45, 7) is 4.62. The van der Waals surface area contributed by atoms with Crippen LogP contribution in [0.3, 0.4) is 0 Å². The summed E-state index contributed by atoms with van der Waals surface area (Å²) in [5.41, 5.74) is 2.10. The van der Waals surface area contributed by atoms with Crippen molar-refractivity contribution in [1.29, 1.82) is 0 Å². The number of aromatic nitrogens is 4. The Labute approximate surface area is 169 Å². The van der Waals surface area contributed by atoms with Gasteiger partial charge in [0.05, 0.1) is 23.3 Å². The van der Waals surface area contributed by atoms with Crippen LogP contribution in [0.1, 0.15) is 55.5 Å². The molecule has 0 fully saturated rings. The summed E-state index contributed by atoms with van der Waals surface area (Å²) in [5, 5.41) is 5.83. The summed E-state index contributed by atoms with van der Waals surface area (Å²) in [6, 6.07) is 7.64. The number of para-hydroxylation sites is 2. The fourth-order valence-corrected chi connectivity index (χ4v) is 3.07. The average Bonchev–Trinajstić information content (AvgIpc) is 3.15. The number of H-pyrrole nitrogens is 1. The van der Waals surface area contributed by atoms with E-state index < -0.39 is 0 Å². The number of imidazole rings is 1. The van der Waals surface area contributed by atoms with Gasteiger partial charge in [0, 0.05) is 25.4 Å². The molecule has 0 aliphatic carbocycles. The average molecular weight is 394 g/mol. The molecule has 8 heteroatoms. The number of aromatic amines is 1. The zero-order chi connectivity index (χ0) is 20.6. The lowest BCUT2D eigenvalue weighted by molar-refractivity contribution is -0.122. The summed E-state index contributed by atoms with van der Waals surface area (Å²) >= 11 is 0. The first kappa shape index (κ1) is 20.4. The van der Waals surface area contributed by atoms with Crippen molar-refractivity contribution in [1.82, 2.24) is 30.6 Å². The second kappa shape index (κ2) is 9.77. The Morgan fingerprint density at radius 1 is 1.17 bits per heavy atom. The molecule has 0 saturated carbocycles. The lowest BCUT2D eigenvalue weighted by atomic mass is 10.0. The van der Waals surface area contributed by atoms with Crippen LogP contribution in [0.2, 0.25) is 0 Å². The van der Waals surface area contributed by atoms with Crippen LogP contribution in [0.25, 0.3) is 11.0 Å². The van der Waals surface area contributed by atoms with Gasteiger partial charge >= 0.3 is 0 Å². The first-order valence-electron chi connectivity index (χ1n) is 9.81. The molecule has 0 radical (unpaired) electrons. The quantitative estimate of drug-likeness (QED) is 0.483. The van der Waals surface area contributed by atoms with Crippen LogP contribution in [-0.4, -0.2) is 38.3 Å². The highest BCUT2D eigenvalue weighted by molar-refractivity contribution is 5.91. The Morgan fingerprint density at radius 3 is 2.72 bits per heavy atom. The summed E-state index contributed by atoms with van der Waals surface area (Å²) in [7, 11) is 0. The smallest absolute Gasteiger partial charge is 0.271 e. The lowest BCUT2D eigenvalue weighted by Gasteiger charge is -2.18. The molecule has 0 aliphatic heterocycles. The van der Waals surface area contributed by atoms with Crippen molar-refractivity contribution < 1.29 is 9.59 Å². The minimum atomic E-state index is -0.293. The molecular weight excluding hydrogens is 368 g/mol. The summed E-state index contributed by atoms with van der Waals surface area (Å²) in [6.07, 6.45) is 6.02. The van der Waals surface area contributed by atoms with Crippen molar-refractivity contribution in [2.75, 3.05) is 6.54 Å². The van der Waals surface area contributed by atoms with Gasteiger partial charge in [0.1, 0.15) is 11.5 Å². The van der Waals surface area contributed by atoms with E-state index in [0.29, 0.717) is 25.3 Å². The fourth-order valence-electron chi connectivity index (χ4n) is 3.07. The van der Waals surface area contributed by atoms with Gasteiger partial charge in [0.25, 0.3) is 5.91 Å². The molecule has 2 aromatic heterocycles. The van der Waals surface area contributed by atoms with E-state index >= 15 is 0 Å². The second-order valence-corrected chi connectivity index (χ2v) is 7.34. The van der Waals surface area contributed by atoms with E-state index in [1.54, 1.807) is 0 Å². The van der Waals surface area contributed by atoms with Crippen LogP contribution in [-0.2, 0) is 4.79 Å². The SMILES string of the molecule is CC(C)CC(NC(=O)CCCNC(=O)c1cnccn1)c1nc2ccccc2[nH]1. The predicted molar refractivity (Wildman–Crippen MR) is 110 cm³/mol. The Morgan fingerprint density at radius 2 is 2.00 bits per heavy atom. The molecule has 2 amide bonds. The predicted octanol–water partition coefficient (Wildman–Crippen LogP) is 2.77. The first-order chi connectivity index (χ1) is 14.0. The Kier molecular flexibility index (Phi) is 6.89. The number of nitrogens with one attached hydrogen (secondary N) is 3. The highest BCUT2D eigenvalue weighted by Gasteiger charge is 2.19. The van der Waals surface area contributed by atoms with Gasteiger partial charge in [-0.3, -0.25) is 14.6 Å². The van der Waals surface area contributed by atoms with Crippen LogP contribution >= 0.6 is 0 Å². The highest BCUT2D eigenvalue weighted by atomic mass is 16.2. The number of hydrogen-bond acceptors (Lipinski definition) is 5. The minimum Gasteiger partial charge on any atom is -0.351 e.